The highest BCUT2D eigenvalue weighted by molar-refractivity contribution is 8.00. The zero-order chi connectivity index (χ0) is 24.5. The minimum atomic E-state index is -4.07. The van der Waals surface area contributed by atoms with Crippen molar-refractivity contribution in [3.05, 3.63) is 84.4 Å². The number of carboxylic acids is 1. The standard InChI is InChI=1S/C24H17F2NO5S2/c25-19-10-7-15(11-20(19)26)14-5-8-16(9-6-14)34(31,32)27-21-12-22(33-13-23(28)29)24(30)18-4-2-1-3-17(18)21/h1-12,27,30H,13H2,(H,28,29). The van der Waals surface area contributed by atoms with Crippen molar-refractivity contribution in [3.63, 3.8) is 0 Å². The summed E-state index contributed by atoms with van der Waals surface area (Å²) in [5.41, 5.74) is 1.06. The third-order valence-corrected chi connectivity index (χ3v) is 7.39. The van der Waals surface area contributed by atoms with Crippen molar-refractivity contribution in [2.24, 2.45) is 0 Å². The van der Waals surface area contributed by atoms with Crippen molar-refractivity contribution in [1.29, 1.82) is 0 Å². The molecule has 4 aromatic carbocycles. The Labute approximate surface area is 197 Å². The van der Waals surface area contributed by atoms with Crippen LogP contribution >= 0.6 is 11.8 Å². The molecular formula is C24H17F2NO5S2. The van der Waals surface area contributed by atoms with E-state index in [0.29, 0.717) is 21.9 Å². The van der Waals surface area contributed by atoms with E-state index in [0.717, 1.165) is 23.9 Å². The maximum atomic E-state index is 13.5. The molecular weight excluding hydrogens is 484 g/mol. The molecule has 0 saturated carbocycles. The molecule has 0 heterocycles. The first-order valence-corrected chi connectivity index (χ1v) is 12.3. The minimum Gasteiger partial charge on any atom is -0.506 e. The van der Waals surface area contributed by atoms with Gasteiger partial charge in [-0.05, 0) is 41.5 Å². The summed E-state index contributed by atoms with van der Waals surface area (Å²) in [4.78, 5) is 11.1. The van der Waals surface area contributed by atoms with Crippen molar-refractivity contribution in [3.8, 4) is 16.9 Å². The Morgan fingerprint density at radius 2 is 1.53 bits per heavy atom. The van der Waals surface area contributed by atoms with Crippen LogP contribution in [-0.2, 0) is 14.8 Å². The highest BCUT2D eigenvalue weighted by atomic mass is 32.2. The van der Waals surface area contributed by atoms with Gasteiger partial charge in [-0.25, -0.2) is 17.2 Å². The predicted octanol–water partition coefficient (Wildman–Crippen LogP) is 5.47. The molecule has 174 valence electrons. The van der Waals surface area contributed by atoms with Gasteiger partial charge in [0, 0.05) is 10.8 Å². The number of phenols is 1. The summed E-state index contributed by atoms with van der Waals surface area (Å²) in [5, 5.41) is 20.3. The SMILES string of the molecule is O=C(O)CSc1cc(NS(=O)(=O)c2ccc(-c3ccc(F)c(F)c3)cc2)c2ccccc2c1O. The molecule has 0 atom stereocenters. The van der Waals surface area contributed by atoms with E-state index >= 15 is 0 Å². The molecule has 0 amide bonds. The van der Waals surface area contributed by atoms with Gasteiger partial charge in [-0.3, -0.25) is 9.52 Å². The number of aromatic hydroxyl groups is 1. The van der Waals surface area contributed by atoms with E-state index in [1.165, 1.54) is 36.4 Å². The number of hydrogen-bond donors (Lipinski definition) is 3. The number of aliphatic carboxylic acids is 1. The highest BCUT2D eigenvalue weighted by Gasteiger charge is 2.19. The van der Waals surface area contributed by atoms with Crippen molar-refractivity contribution >= 4 is 44.2 Å². The molecule has 0 saturated heterocycles. The lowest BCUT2D eigenvalue weighted by Gasteiger charge is -2.15. The number of sulfonamides is 1. The zero-order valence-corrected chi connectivity index (χ0v) is 19.0. The van der Waals surface area contributed by atoms with Gasteiger partial charge in [0.05, 0.1) is 21.2 Å². The molecule has 0 fully saturated rings. The topological polar surface area (TPSA) is 104 Å². The average Bonchev–Trinajstić information content (AvgIpc) is 2.82. The molecule has 0 aliphatic rings. The van der Waals surface area contributed by atoms with Crippen LogP contribution in [-0.4, -0.2) is 30.4 Å². The monoisotopic (exact) mass is 501 g/mol. The Hall–Kier alpha value is -3.63. The second kappa shape index (κ2) is 9.32. The summed E-state index contributed by atoms with van der Waals surface area (Å²) >= 11 is 0.866. The molecule has 0 spiro atoms. The Morgan fingerprint density at radius 3 is 2.18 bits per heavy atom. The number of carboxylic acid groups (broad SMARTS) is 1. The third-order valence-electron chi connectivity index (χ3n) is 4.99. The Kier molecular flexibility index (Phi) is 6.45. The summed E-state index contributed by atoms with van der Waals surface area (Å²) in [6.07, 6.45) is 0. The fraction of sp³-hybridized carbons (Fsp3) is 0.0417. The quantitative estimate of drug-likeness (QED) is 0.229. The Morgan fingerprint density at radius 1 is 0.882 bits per heavy atom. The van der Waals surface area contributed by atoms with E-state index in [1.807, 2.05) is 0 Å². The van der Waals surface area contributed by atoms with Crippen molar-refractivity contribution in [2.45, 2.75) is 9.79 Å². The summed E-state index contributed by atoms with van der Waals surface area (Å²) in [6, 6.07) is 17.0. The summed E-state index contributed by atoms with van der Waals surface area (Å²) in [7, 11) is -4.07. The average molecular weight is 502 g/mol. The van der Waals surface area contributed by atoms with E-state index in [9.17, 15) is 27.1 Å². The van der Waals surface area contributed by atoms with Gasteiger partial charge in [0.25, 0.3) is 10.0 Å². The maximum absolute atomic E-state index is 13.5. The van der Waals surface area contributed by atoms with Crippen LogP contribution in [0.3, 0.4) is 0 Å². The largest absolute Gasteiger partial charge is 0.506 e. The number of hydrogen-bond acceptors (Lipinski definition) is 5. The lowest BCUT2D eigenvalue weighted by molar-refractivity contribution is -0.133. The summed E-state index contributed by atoms with van der Waals surface area (Å²) in [5.74, 6) is -3.52. The fourth-order valence-electron chi connectivity index (χ4n) is 3.37. The molecule has 4 rings (SSSR count). The van der Waals surface area contributed by atoms with Gasteiger partial charge in [-0.15, -0.1) is 11.8 Å². The number of halogens is 2. The van der Waals surface area contributed by atoms with Crippen molar-refractivity contribution in [1.82, 2.24) is 0 Å². The molecule has 0 aromatic heterocycles. The van der Waals surface area contributed by atoms with Crippen LogP contribution in [0.4, 0.5) is 14.5 Å². The van der Waals surface area contributed by atoms with E-state index in [1.54, 1.807) is 24.3 Å². The van der Waals surface area contributed by atoms with Gasteiger partial charge >= 0.3 is 5.97 Å². The number of nitrogens with one attached hydrogen (secondary N) is 1. The molecule has 0 bridgehead atoms. The van der Waals surface area contributed by atoms with Crippen LogP contribution in [0, 0.1) is 11.6 Å². The first-order valence-electron chi connectivity index (χ1n) is 9.83. The molecule has 3 N–H and O–H groups in total. The highest BCUT2D eigenvalue weighted by Crippen LogP contribution is 2.40. The maximum Gasteiger partial charge on any atom is 0.313 e. The van der Waals surface area contributed by atoms with Gasteiger partial charge < -0.3 is 10.2 Å². The number of benzene rings is 4. The second-order valence-corrected chi connectivity index (χ2v) is 9.96. The first kappa shape index (κ1) is 23.5. The number of rotatable bonds is 7. The molecule has 4 aromatic rings. The second-order valence-electron chi connectivity index (χ2n) is 7.26. The Balaban J connectivity index is 1.69. The number of fused-ring (bicyclic) bond motifs is 1. The smallest absolute Gasteiger partial charge is 0.313 e. The van der Waals surface area contributed by atoms with Crippen LogP contribution in [0.2, 0.25) is 0 Å². The fourth-order valence-corrected chi connectivity index (χ4v) is 5.17. The summed E-state index contributed by atoms with van der Waals surface area (Å²) < 4.78 is 55.4. The van der Waals surface area contributed by atoms with Crippen molar-refractivity contribution < 1.29 is 32.2 Å². The van der Waals surface area contributed by atoms with Gasteiger partial charge in [-0.1, -0.05) is 42.5 Å². The predicted molar refractivity (Wildman–Crippen MR) is 127 cm³/mol. The molecule has 34 heavy (non-hydrogen) atoms. The third kappa shape index (κ3) is 4.82. The molecule has 0 unspecified atom stereocenters. The normalized spacial score (nSPS) is 11.5. The minimum absolute atomic E-state index is 0.0734. The molecule has 10 heteroatoms. The van der Waals surface area contributed by atoms with Gasteiger partial charge in [0.15, 0.2) is 11.6 Å². The lowest BCUT2D eigenvalue weighted by Crippen LogP contribution is -2.13. The number of carbonyl (C=O) groups is 1. The van der Waals surface area contributed by atoms with Gasteiger partial charge in [-0.2, -0.15) is 0 Å². The van der Waals surface area contributed by atoms with E-state index in [-0.39, 0.29) is 27.0 Å². The van der Waals surface area contributed by atoms with E-state index in [2.05, 4.69) is 4.72 Å². The first-order chi connectivity index (χ1) is 16.2. The lowest BCUT2D eigenvalue weighted by atomic mass is 10.1. The van der Waals surface area contributed by atoms with Crippen LogP contribution in [0.1, 0.15) is 0 Å². The van der Waals surface area contributed by atoms with Crippen LogP contribution < -0.4 is 4.72 Å². The molecule has 0 aliphatic heterocycles. The molecule has 6 nitrogen and oxygen atoms in total. The summed E-state index contributed by atoms with van der Waals surface area (Å²) in [6.45, 7) is 0. The van der Waals surface area contributed by atoms with Crippen LogP contribution in [0.15, 0.2) is 82.6 Å². The van der Waals surface area contributed by atoms with Crippen LogP contribution in [0.5, 0.6) is 5.75 Å². The number of phenolic OH excluding ortho intramolecular Hbond substituents is 1. The Bertz CT molecular complexity index is 1510. The van der Waals surface area contributed by atoms with E-state index in [4.69, 9.17) is 5.11 Å². The number of thioether (sulfide) groups is 1. The van der Waals surface area contributed by atoms with Gasteiger partial charge in [0.2, 0.25) is 0 Å². The van der Waals surface area contributed by atoms with Crippen LogP contribution in [0.25, 0.3) is 21.9 Å². The molecule has 0 radical (unpaired) electrons. The zero-order valence-electron chi connectivity index (χ0n) is 17.3. The van der Waals surface area contributed by atoms with E-state index < -0.39 is 27.6 Å². The van der Waals surface area contributed by atoms with Gasteiger partial charge in [0.1, 0.15) is 5.75 Å². The molecule has 0 aliphatic carbocycles. The van der Waals surface area contributed by atoms with Crippen molar-refractivity contribution in [2.75, 3.05) is 10.5 Å². The number of anilines is 1.